The van der Waals surface area contributed by atoms with Crippen LogP contribution in [-0.2, 0) is 0 Å². The molecule has 2 rings (SSSR count). The second-order valence-electron chi connectivity index (χ2n) is 4.20. The van der Waals surface area contributed by atoms with Crippen LogP contribution in [0.1, 0.15) is 32.1 Å². The molecule has 7 heteroatoms. The van der Waals surface area contributed by atoms with Crippen LogP contribution in [0.5, 0.6) is 0 Å². The van der Waals surface area contributed by atoms with Crippen LogP contribution in [0.4, 0.5) is 0 Å². The molecule has 1 N–H and O–H groups in total. The standard InChI is InChI=1S/C12H15BrClN5/c1-3-7-15-8(2)12-16-17-18-19(12)10-6-4-5-9(14)11(10)13/h4-6,8,15H,3,7H2,1-2H3. The van der Waals surface area contributed by atoms with Gasteiger partial charge >= 0.3 is 0 Å². The number of benzene rings is 1. The summed E-state index contributed by atoms with van der Waals surface area (Å²) in [5, 5.41) is 15.9. The van der Waals surface area contributed by atoms with Gasteiger partial charge < -0.3 is 5.32 Å². The van der Waals surface area contributed by atoms with Crippen LogP contribution < -0.4 is 5.32 Å². The molecule has 0 aliphatic carbocycles. The van der Waals surface area contributed by atoms with Crippen molar-refractivity contribution in [3.05, 3.63) is 33.5 Å². The van der Waals surface area contributed by atoms with E-state index in [9.17, 15) is 0 Å². The maximum Gasteiger partial charge on any atom is 0.173 e. The predicted octanol–water partition coefficient (Wildman–Crippen LogP) is 3.14. The van der Waals surface area contributed by atoms with E-state index in [1.807, 2.05) is 25.1 Å². The van der Waals surface area contributed by atoms with Crippen LogP contribution in [0.2, 0.25) is 5.02 Å². The fraction of sp³-hybridized carbons (Fsp3) is 0.417. The van der Waals surface area contributed by atoms with Gasteiger partial charge in [-0.1, -0.05) is 24.6 Å². The molecule has 2 aromatic rings. The summed E-state index contributed by atoms with van der Waals surface area (Å²) in [4.78, 5) is 0. The Kier molecular flexibility index (Phi) is 4.90. The Hall–Kier alpha value is -0.980. The minimum Gasteiger partial charge on any atom is -0.307 e. The second-order valence-corrected chi connectivity index (χ2v) is 5.40. The first-order chi connectivity index (χ1) is 9.15. The molecule has 19 heavy (non-hydrogen) atoms. The minimum atomic E-state index is 0.0702. The molecule has 5 nitrogen and oxygen atoms in total. The number of hydrogen-bond donors (Lipinski definition) is 1. The molecule has 1 heterocycles. The van der Waals surface area contributed by atoms with Crippen molar-refractivity contribution in [1.29, 1.82) is 0 Å². The fourth-order valence-corrected chi connectivity index (χ4v) is 2.35. The first-order valence-corrected chi connectivity index (χ1v) is 7.28. The summed E-state index contributed by atoms with van der Waals surface area (Å²) >= 11 is 9.57. The molecule has 0 fully saturated rings. The van der Waals surface area contributed by atoms with Gasteiger partial charge in [0.25, 0.3) is 0 Å². The van der Waals surface area contributed by atoms with Crippen LogP contribution in [0.15, 0.2) is 22.7 Å². The summed E-state index contributed by atoms with van der Waals surface area (Å²) < 4.78 is 2.48. The molecule has 0 radical (unpaired) electrons. The van der Waals surface area contributed by atoms with Crippen molar-refractivity contribution in [1.82, 2.24) is 25.5 Å². The maximum absolute atomic E-state index is 6.10. The van der Waals surface area contributed by atoms with Gasteiger partial charge in [0, 0.05) is 0 Å². The van der Waals surface area contributed by atoms with Gasteiger partial charge in [-0.15, -0.1) is 5.10 Å². The van der Waals surface area contributed by atoms with Crippen LogP contribution in [0, 0.1) is 0 Å². The molecule has 1 unspecified atom stereocenters. The van der Waals surface area contributed by atoms with E-state index in [-0.39, 0.29) is 6.04 Å². The van der Waals surface area contributed by atoms with Gasteiger partial charge in [-0.2, -0.15) is 4.68 Å². The highest BCUT2D eigenvalue weighted by atomic mass is 79.9. The van der Waals surface area contributed by atoms with E-state index in [4.69, 9.17) is 11.6 Å². The zero-order valence-electron chi connectivity index (χ0n) is 10.8. The van der Waals surface area contributed by atoms with Crippen molar-refractivity contribution in [2.75, 3.05) is 6.54 Å². The van der Waals surface area contributed by atoms with Crippen LogP contribution in [-0.4, -0.2) is 26.8 Å². The Balaban J connectivity index is 2.36. The van der Waals surface area contributed by atoms with Crippen LogP contribution >= 0.6 is 27.5 Å². The predicted molar refractivity (Wildman–Crippen MR) is 78.6 cm³/mol. The van der Waals surface area contributed by atoms with Crippen LogP contribution in [0.25, 0.3) is 5.69 Å². The monoisotopic (exact) mass is 343 g/mol. The zero-order chi connectivity index (χ0) is 13.8. The van der Waals surface area contributed by atoms with Gasteiger partial charge in [0.1, 0.15) is 0 Å². The number of nitrogens with zero attached hydrogens (tertiary/aromatic N) is 4. The molecule has 1 aromatic carbocycles. The molecule has 0 aliphatic heterocycles. The van der Waals surface area contributed by atoms with E-state index in [2.05, 4.69) is 43.7 Å². The summed E-state index contributed by atoms with van der Waals surface area (Å²) in [5.74, 6) is 0.761. The lowest BCUT2D eigenvalue weighted by molar-refractivity contribution is 0.531. The number of nitrogens with one attached hydrogen (secondary N) is 1. The number of halogens is 2. The smallest absolute Gasteiger partial charge is 0.173 e. The third-order valence-corrected chi connectivity index (χ3v) is 4.12. The van der Waals surface area contributed by atoms with Crippen molar-refractivity contribution in [3.63, 3.8) is 0 Å². The number of hydrogen-bond acceptors (Lipinski definition) is 4. The molecule has 1 aromatic heterocycles. The Bertz CT molecular complexity index is 557. The summed E-state index contributed by atoms with van der Waals surface area (Å²) in [7, 11) is 0. The van der Waals surface area contributed by atoms with Gasteiger partial charge in [-0.3, -0.25) is 0 Å². The van der Waals surface area contributed by atoms with E-state index in [0.717, 1.165) is 29.0 Å². The van der Waals surface area contributed by atoms with E-state index in [1.165, 1.54) is 0 Å². The number of rotatable bonds is 5. The molecular weight excluding hydrogens is 330 g/mol. The molecule has 0 aliphatic rings. The molecule has 0 bridgehead atoms. The van der Waals surface area contributed by atoms with Gasteiger partial charge in [0.2, 0.25) is 0 Å². The van der Waals surface area contributed by atoms with Gasteiger partial charge in [-0.25, -0.2) is 0 Å². The average Bonchev–Trinajstić information content (AvgIpc) is 2.88. The van der Waals surface area contributed by atoms with E-state index >= 15 is 0 Å². The van der Waals surface area contributed by atoms with Gasteiger partial charge in [-0.05, 0) is 58.4 Å². The normalized spacial score (nSPS) is 12.6. The SMILES string of the molecule is CCCNC(C)c1nnnn1-c1cccc(Cl)c1Br. The molecule has 0 spiro atoms. The second kappa shape index (κ2) is 6.45. The van der Waals surface area contributed by atoms with Crippen molar-refractivity contribution in [2.45, 2.75) is 26.3 Å². The first kappa shape index (κ1) is 14.4. The molecule has 102 valence electrons. The highest BCUT2D eigenvalue weighted by Crippen LogP contribution is 2.29. The molecule has 0 saturated carbocycles. The third kappa shape index (κ3) is 3.13. The van der Waals surface area contributed by atoms with Gasteiger partial charge in [0.15, 0.2) is 5.82 Å². The van der Waals surface area contributed by atoms with E-state index in [0.29, 0.717) is 5.02 Å². The maximum atomic E-state index is 6.10. The lowest BCUT2D eigenvalue weighted by atomic mass is 10.2. The highest BCUT2D eigenvalue weighted by molar-refractivity contribution is 9.10. The number of aromatic nitrogens is 4. The molecule has 0 saturated heterocycles. The molecule has 0 amide bonds. The summed E-state index contributed by atoms with van der Waals surface area (Å²) in [6.45, 7) is 5.08. The lowest BCUT2D eigenvalue weighted by Crippen LogP contribution is -2.22. The fourth-order valence-electron chi connectivity index (χ4n) is 1.74. The summed E-state index contributed by atoms with van der Waals surface area (Å²) in [6, 6.07) is 5.68. The lowest BCUT2D eigenvalue weighted by Gasteiger charge is -2.14. The van der Waals surface area contributed by atoms with Crippen molar-refractivity contribution >= 4 is 27.5 Å². The Morgan fingerprint density at radius 1 is 1.47 bits per heavy atom. The topological polar surface area (TPSA) is 55.6 Å². The minimum absolute atomic E-state index is 0.0702. The van der Waals surface area contributed by atoms with Crippen LogP contribution in [0.3, 0.4) is 0 Å². The summed E-state index contributed by atoms with van der Waals surface area (Å²) in [6.07, 6.45) is 1.06. The molecular formula is C12H15BrClN5. The summed E-state index contributed by atoms with van der Waals surface area (Å²) in [5.41, 5.74) is 0.831. The first-order valence-electron chi connectivity index (χ1n) is 6.11. The Labute approximate surface area is 125 Å². The van der Waals surface area contributed by atoms with Crippen molar-refractivity contribution in [2.24, 2.45) is 0 Å². The Morgan fingerprint density at radius 2 is 2.26 bits per heavy atom. The van der Waals surface area contributed by atoms with Gasteiger partial charge in [0.05, 0.1) is 21.2 Å². The highest BCUT2D eigenvalue weighted by Gasteiger charge is 2.17. The van der Waals surface area contributed by atoms with E-state index in [1.54, 1.807) is 4.68 Å². The van der Waals surface area contributed by atoms with E-state index < -0.39 is 0 Å². The van der Waals surface area contributed by atoms with Crippen molar-refractivity contribution < 1.29 is 0 Å². The quantitative estimate of drug-likeness (QED) is 0.905. The largest absolute Gasteiger partial charge is 0.307 e. The third-order valence-electron chi connectivity index (χ3n) is 2.74. The average molecular weight is 345 g/mol. The van der Waals surface area contributed by atoms with Crippen molar-refractivity contribution in [3.8, 4) is 5.69 Å². The number of tetrazole rings is 1. The zero-order valence-corrected chi connectivity index (χ0v) is 13.1. The Morgan fingerprint density at radius 3 is 3.00 bits per heavy atom. The molecule has 1 atom stereocenters.